The van der Waals surface area contributed by atoms with E-state index in [4.69, 9.17) is 11.6 Å². The molecule has 0 saturated heterocycles. The third kappa shape index (κ3) is 5.13. The Morgan fingerprint density at radius 1 is 0.941 bits per heavy atom. The number of amides is 2. The Balaban J connectivity index is 1.47. The third-order valence-electron chi connectivity index (χ3n) is 4.71. The summed E-state index contributed by atoms with van der Waals surface area (Å²) in [6.45, 7) is -0.410. The second-order valence-corrected chi connectivity index (χ2v) is 8.75. The predicted molar refractivity (Wildman–Crippen MR) is 129 cm³/mol. The maximum atomic E-state index is 14.6. The van der Waals surface area contributed by atoms with Gasteiger partial charge in [-0.2, -0.15) is 0 Å². The topological polar surface area (TPSA) is 102 Å². The van der Waals surface area contributed by atoms with E-state index in [0.29, 0.717) is 14.9 Å². The molecule has 0 spiro atoms. The number of carbonyl (C=O) groups is 2. The van der Waals surface area contributed by atoms with E-state index in [1.807, 2.05) is 0 Å². The van der Waals surface area contributed by atoms with Crippen LogP contribution in [-0.4, -0.2) is 20.9 Å². The van der Waals surface area contributed by atoms with Gasteiger partial charge >= 0.3 is 0 Å². The highest BCUT2D eigenvalue weighted by molar-refractivity contribution is 7.18. The minimum Gasteiger partial charge on any atom is -0.322 e. The van der Waals surface area contributed by atoms with Gasteiger partial charge in [0, 0.05) is 24.5 Å². The molecule has 0 bridgehead atoms. The quantitative estimate of drug-likeness (QED) is 0.422. The van der Waals surface area contributed by atoms with Gasteiger partial charge in [-0.3, -0.25) is 23.7 Å². The Labute approximate surface area is 200 Å². The molecule has 4 rings (SSSR count). The molecular formula is C23H16ClFN4O4S. The molecule has 0 aliphatic heterocycles. The van der Waals surface area contributed by atoms with E-state index >= 15 is 0 Å². The molecule has 3 heterocycles. The largest absolute Gasteiger partial charge is 0.322 e. The number of hydrogen-bond donors (Lipinski definition) is 2. The van der Waals surface area contributed by atoms with Crippen molar-refractivity contribution < 1.29 is 14.0 Å². The molecule has 11 heteroatoms. The van der Waals surface area contributed by atoms with Gasteiger partial charge in [-0.1, -0.05) is 17.7 Å². The zero-order valence-corrected chi connectivity index (χ0v) is 18.9. The molecule has 2 amide bonds. The van der Waals surface area contributed by atoms with E-state index in [9.17, 15) is 23.6 Å². The highest BCUT2D eigenvalue weighted by Crippen LogP contribution is 2.22. The smallest absolute Gasteiger partial charge is 0.274 e. The molecule has 1 aromatic carbocycles. The van der Waals surface area contributed by atoms with Crippen molar-refractivity contribution >= 4 is 46.1 Å². The minimum atomic E-state index is -0.746. The van der Waals surface area contributed by atoms with Gasteiger partial charge in [0.25, 0.3) is 17.0 Å². The number of nitrogens with zero attached hydrogens (tertiary/aromatic N) is 2. The molecule has 3 aromatic heterocycles. The number of nitrogens with one attached hydrogen (secondary N) is 2. The zero-order valence-electron chi connectivity index (χ0n) is 17.3. The molecule has 0 unspecified atom stereocenters. The number of hydrogen-bond acceptors (Lipinski definition) is 5. The first kappa shape index (κ1) is 23.1. The molecule has 0 radical (unpaired) electrons. The van der Waals surface area contributed by atoms with Crippen molar-refractivity contribution in [3.63, 3.8) is 0 Å². The van der Waals surface area contributed by atoms with Crippen LogP contribution in [0.3, 0.4) is 0 Å². The van der Waals surface area contributed by atoms with Gasteiger partial charge in [0.1, 0.15) is 18.0 Å². The number of carbonyl (C=O) groups excluding carboxylic acids is 2. The van der Waals surface area contributed by atoms with Crippen LogP contribution >= 0.6 is 22.9 Å². The van der Waals surface area contributed by atoms with Crippen LogP contribution in [0.15, 0.2) is 82.6 Å². The SMILES string of the molecule is O=C(Cn1cccc(NC(=O)c2ccc(Cl)s2)c1=O)Nc1ccc(-n2ccccc2=O)cc1F. The summed E-state index contributed by atoms with van der Waals surface area (Å²) in [4.78, 5) is 49.7. The standard InChI is InChI=1S/C23H16ClFN4O4S/c24-19-9-8-18(34-19)22(32)27-17-4-3-10-28(23(17)33)13-20(30)26-16-7-6-14(12-15(16)25)29-11-2-1-5-21(29)31/h1-12H,13H2,(H,26,30)(H,27,32). The van der Waals surface area contributed by atoms with Crippen molar-refractivity contribution in [3.8, 4) is 5.69 Å². The Morgan fingerprint density at radius 3 is 2.47 bits per heavy atom. The number of aromatic nitrogens is 2. The fourth-order valence-electron chi connectivity index (χ4n) is 3.12. The molecule has 0 aliphatic rings. The number of benzene rings is 1. The Morgan fingerprint density at radius 2 is 1.76 bits per heavy atom. The van der Waals surface area contributed by atoms with Crippen LogP contribution in [0.1, 0.15) is 9.67 Å². The average Bonchev–Trinajstić information content (AvgIpc) is 3.25. The van der Waals surface area contributed by atoms with Gasteiger partial charge in [0.15, 0.2) is 0 Å². The number of thiophene rings is 1. The number of halogens is 2. The van der Waals surface area contributed by atoms with Crippen LogP contribution in [0.4, 0.5) is 15.8 Å². The lowest BCUT2D eigenvalue weighted by Gasteiger charge is -2.11. The maximum Gasteiger partial charge on any atom is 0.274 e. The molecule has 34 heavy (non-hydrogen) atoms. The first-order valence-corrected chi connectivity index (χ1v) is 11.0. The van der Waals surface area contributed by atoms with Crippen LogP contribution in [0.5, 0.6) is 0 Å². The van der Waals surface area contributed by atoms with Crippen LogP contribution in [0.25, 0.3) is 5.69 Å². The lowest BCUT2D eigenvalue weighted by molar-refractivity contribution is -0.116. The first-order valence-electron chi connectivity index (χ1n) is 9.85. The van der Waals surface area contributed by atoms with E-state index < -0.39 is 29.7 Å². The molecule has 4 aromatic rings. The fourth-order valence-corrected chi connectivity index (χ4v) is 4.06. The van der Waals surface area contributed by atoms with Gasteiger partial charge in [-0.15, -0.1) is 11.3 Å². The summed E-state index contributed by atoms with van der Waals surface area (Å²) in [5.41, 5.74) is -0.758. The van der Waals surface area contributed by atoms with Crippen molar-refractivity contribution in [1.82, 2.24) is 9.13 Å². The number of pyridine rings is 2. The van der Waals surface area contributed by atoms with Gasteiger partial charge < -0.3 is 15.2 Å². The molecular weight excluding hydrogens is 483 g/mol. The van der Waals surface area contributed by atoms with Crippen LogP contribution in [0, 0.1) is 5.82 Å². The van der Waals surface area contributed by atoms with Crippen molar-refractivity contribution in [2.24, 2.45) is 0 Å². The minimum absolute atomic E-state index is 0.0198. The van der Waals surface area contributed by atoms with Gasteiger partial charge in [-0.25, -0.2) is 4.39 Å². The van der Waals surface area contributed by atoms with Crippen molar-refractivity contribution in [2.75, 3.05) is 10.6 Å². The monoisotopic (exact) mass is 498 g/mol. The summed E-state index contributed by atoms with van der Waals surface area (Å²) in [5.74, 6) is -1.90. The first-order chi connectivity index (χ1) is 16.3. The molecule has 2 N–H and O–H groups in total. The summed E-state index contributed by atoms with van der Waals surface area (Å²) in [6.07, 6.45) is 2.88. The summed E-state index contributed by atoms with van der Waals surface area (Å²) in [7, 11) is 0. The van der Waals surface area contributed by atoms with Gasteiger partial charge in [0.05, 0.1) is 20.6 Å². The summed E-state index contributed by atoms with van der Waals surface area (Å²) < 4.78 is 17.3. The highest BCUT2D eigenvalue weighted by Gasteiger charge is 2.14. The lowest BCUT2D eigenvalue weighted by atomic mass is 10.2. The van der Waals surface area contributed by atoms with Gasteiger partial charge in [-0.05, 0) is 42.5 Å². The summed E-state index contributed by atoms with van der Waals surface area (Å²) in [5, 5.41) is 4.91. The van der Waals surface area contributed by atoms with E-state index in [1.54, 1.807) is 18.2 Å². The molecule has 0 aliphatic carbocycles. The number of rotatable bonds is 6. The number of anilines is 2. The second-order valence-electron chi connectivity index (χ2n) is 7.03. The van der Waals surface area contributed by atoms with Crippen molar-refractivity contribution in [2.45, 2.75) is 6.54 Å². The van der Waals surface area contributed by atoms with E-state index in [1.165, 1.54) is 53.4 Å². The fraction of sp³-hybridized carbons (Fsp3) is 0.0435. The average molecular weight is 499 g/mol. The Bertz CT molecular complexity index is 1510. The van der Waals surface area contributed by atoms with Gasteiger partial charge in [0.2, 0.25) is 5.91 Å². The Hall–Kier alpha value is -4.02. The van der Waals surface area contributed by atoms with E-state index in [-0.39, 0.29) is 16.9 Å². The van der Waals surface area contributed by atoms with Crippen LogP contribution in [0.2, 0.25) is 4.34 Å². The molecule has 8 nitrogen and oxygen atoms in total. The lowest BCUT2D eigenvalue weighted by Crippen LogP contribution is -2.30. The maximum absolute atomic E-state index is 14.6. The zero-order chi connectivity index (χ0) is 24.2. The van der Waals surface area contributed by atoms with Crippen molar-refractivity contribution in [3.05, 3.63) is 109 Å². The second kappa shape index (κ2) is 9.86. The molecule has 172 valence electrons. The summed E-state index contributed by atoms with van der Waals surface area (Å²) in [6, 6.07) is 14.5. The van der Waals surface area contributed by atoms with E-state index in [2.05, 4.69) is 10.6 Å². The molecule has 0 fully saturated rings. The Kier molecular flexibility index (Phi) is 6.71. The van der Waals surface area contributed by atoms with E-state index in [0.717, 1.165) is 22.0 Å². The third-order valence-corrected chi connectivity index (χ3v) is 5.94. The molecule has 0 saturated carbocycles. The normalized spacial score (nSPS) is 10.6. The van der Waals surface area contributed by atoms with Crippen LogP contribution < -0.4 is 21.8 Å². The highest BCUT2D eigenvalue weighted by atomic mass is 35.5. The van der Waals surface area contributed by atoms with Crippen molar-refractivity contribution in [1.29, 1.82) is 0 Å². The molecule has 0 atom stereocenters. The predicted octanol–water partition coefficient (Wildman–Crippen LogP) is 3.74. The summed E-state index contributed by atoms with van der Waals surface area (Å²) >= 11 is 6.90. The van der Waals surface area contributed by atoms with Crippen LogP contribution in [-0.2, 0) is 11.3 Å².